The molecule has 22 heavy (non-hydrogen) atoms. The van der Waals surface area contributed by atoms with Gasteiger partial charge in [0.25, 0.3) is 0 Å². The molecular formula is C19H27NO2. The minimum atomic E-state index is -0.959. The summed E-state index contributed by atoms with van der Waals surface area (Å²) in [6.07, 6.45) is 5.23. The van der Waals surface area contributed by atoms with Crippen LogP contribution in [0.1, 0.15) is 66.0 Å². The van der Waals surface area contributed by atoms with E-state index >= 15 is 0 Å². The topological polar surface area (TPSA) is 39.2 Å². The molecule has 0 aliphatic heterocycles. The van der Waals surface area contributed by atoms with Crippen LogP contribution in [0.5, 0.6) is 0 Å². The van der Waals surface area contributed by atoms with Crippen molar-refractivity contribution in [1.82, 2.24) is 4.98 Å². The molecular weight excluding hydrogens is 274 g/mol. The number of nitrogens with zero attached hydrogens (tertiary/aromatic N) is 1. The Labute approximate surface area is 134 Å². The normalized spacial score (nSPS) is 13.7. The van der Waals surface area contributed by atoms with Crippen molar-refractivity contribution in [3.8, 4) is 11.8 Å². The van der Waals surface area contributed by atoms with Crippen LogP contribution in [0.4, 0.5) is 0 Å². The SMILES string of the molecule is CCCCC#CC(CC)(OC(=O)C(C)(C)C)c1ccccn1. The maximum absolute atomic E-state index is 12.4. The number of hydrogen-bond acceptors (Lipinski definition) is 3. The number of esters is 1. The Morgan fingerprint density at radius 2 is 2.00 bits per heavy atom. The highest BCUT2D eigenvalue weighted by Gasteiger charge is 2.37. The lowest BCUT2D eigenvalue weighted by Gasteiger charge is -2.30. The van der Waals surface area contributed by atoms with Crippen molar-refractivity contribution in [1.29, 1.82) is 0 Å². The van der Waals surface area contributed by atoms with Crippen molar-refractivity contribution in [2.75, 3.05) is 0 Å². The molecule has 0 radical (unpaired) electrons. The second-order valence-electron chi connectivity index (χ2n) is 6.44. The first kappa shape index (κ1) is 18.2. The summed E-state index contributed by atoms with van der Waals surface area (Å²) in [6.45, 7) is 9.64. The van der Waals surface area contributed by atoms with E-state index in [2.05, 4.69) is 23.7 Å². The van der Waals surface area contributed by atoms with Gasteiger partial charge in [0, 0.05) is 19.0 Å². The van der Waals surface area contributed by atoms with Gasteiger partial charge in [0.1, 0.15) is 0 Å². The highest BCUT2D eigenvalue weighted by molar-refractivity contribution is 5.76. The summed E-state index contributed by atoms with van der Waals surface area (Å²) in [7, 11) is 0. The smallest absolute Gasteiger partial charge is 0.313 e. The van der Waals surface area contributed by atoms with Crippen molar-refractivity contribution < 1.29 is 9.53 Å². The lowest BCUT2D eigenvalue weighted by Crippen LogP contribution is -2.36. The Bertz CT molecular complexity index is 534. The van der Waals surface area contributed by atoms with Gasteiger partial charge in [-0.25, -0.2) is 0 Å². The summed E-state index contributed by atoms with van der Waals surface area (Å²) in [5.41, 5.74) is -0.835. The number of carbonyl (C=O) groups excluding carboxylic acids is 1. The summed E-state index contributed by atoms with van der Waals surface area (Å²) in [5.74, 6) is 6.09. The van der Waals surface area contributed by atoms with Crippen LogP contribution >= 0.6 is 0 Å². The van der Waals surface area contributed by atoms with Gasteiger partial charge in [0.05, 0.1) is 11.1 Å². The fourth-order valence-corrected chi connectivity index (χ4v) is 1.87. The lowest BCUT2D eigenvalue weighted by molar-refractivity contribution is -0.165. The monoisotopic (exact) mass is 301 g/mol. The van der Waals surface area contributed by atoms with Crippen molar-refractivity contribution in [3.05, 3.63) is 30.1 Å². The van der Waals surface area contributed by atoms with E-state index in [1.165, 1.54) is 0 Å². The molecule has 0 aromatic carbocycles. The summed E-state index contributed by atoms with van der Waals surface area (Å²) in [4.78, 5) is 16.8. The maximum atomic E-state index is 12.4. The van der Waals surface area contributed by atoms with Gasteiger partial charge in [-0.1, -0.05) is 32.3 Å². The van der Waals surface area contributed by atoms with Gasteiger partial charge >= 0.3 is 5.97 Å². The van der Waals surface area contributed by atoms with E-state index in [-0.39, 0.29) is 5.97 Å². The summed E-state index contributed by atoms with van der Waals surface area (Å²) in [5, 5.41) is 0. The Morgan fingerprint density at radius 1 is 1.27 bits per heavy atom. The van der Waals surface area contributed by atoms with E-state index in [9.17, 15) is 4.79 Å². The highest BCUT2D eigenvalue weighted by Crippen LogP contribution is 2.31. The molecule has 0 aliphatic rings. The molecule has 0 saturated heterocycles. The minimum absolute atomic E-state index is 0.259. The number of aromatic nitrogens is 1. The number of pyridine rings is 1. The first-order chi connectivity index (χ1) is 10.4. The van der Waals surface area contributed by atoms with Crippen LogP contribution in [0.15, 0.2) is 24.4 Å². The number of unbranched alkanes of at least 4 members (excludes halogenated alkanes) is 2. The van der Waals surface area contributed by atoms with Gasteiger partial charge in [-0.3, -0.25) is 9.78 Å². The number of carbonyl (C=O) groups is 1. The average Bonchev–Trinajstić information content (AvgIpc) is 2.50. The van der Waals surface area contributed by atoms with Crippen molar-refractivity contribution in [3.63, 3.8) is 0 Å². The van der Waals surface area contributed by atoms with E-state index in [1.54, 1.807) is 6.20 Å². The second kappa shape index (κ2) is 7.98. The van der Waals surface area contributed by atoms with Gasteiger partial charge < -0.3 is 4.74 Å². The first-order valence-corrected chi connectivity index (χ1v) is 8.00. The molecule has 3 heteroatoms. The summed E-state index contributed by atoms with van der Waals surface area (Å²) in [6, 6.07) is 5.61. The zero-order chi connectivity index (χ0) is 16.6. The molecule has 3 nitrogen and oxygen atoms in total. The van der Waals surface area contributed by atoms with Crippen LogP contribution in [-0.2, 0) is 15.1 Å². The van der Waals surface area contributed by atoms with Crippen LogP contribution in [0.25, 0.3) is 0 Å². The molecule has 120 valence electrons. The van der Waals surface area contributed by atoms with Crippen molar-refractivity contribution >= 4 is 5.97 Å². The molecule has 1 atom stereocenters. The van der Waals surface area contributed by atoms with E-state index in [4.69, 9.17) is 4.74 Å². The van der Waals surface area contributed by atoms with Crippen LogP contribution in [0.2, 0.25) is 0 Å². The zero-order valence-corrected chi connectivity index (χ0v) is 14.4. The Morgan fingerprint density at radius 3 is 2.50 bits per heavy atom. The molecule has 1 aromatic rings. The molecule has 1 heterocycles. The van der Waals surface area contributed by atoms with Gasteiger partial charge in [0.15, 0.2) is 0 Å². The van der Waals surface area contributed by atoms with Crippen molar-refractivity contribution in [2.24, 2.45) is 5.41 Å². The maximum Gasteiger partial charge on any atom is 0.313 e. The fourth-order valence-electron chi connectivity index (χ4n) is 1.87. The van der Waals surface area contributed by atoms with Crippen LogP contribution in [0, 0.1) is 17.3 Å². The van der Waals surface area contributed by atoms with Gasteiger partial charge in [-0.2, -0.15) is 0 Å². The molecule has 0 amide bonds. The molecule has 0 fully saturated rings. The van der Waals surface area contributed by atoms with E-state index < -0.39 is 11.0 Å². The Hall–Kier alpha value is -1.82. The third-order valence-electron chi connectivity index (χ3n) is 3.40. The lowest BCUT2D eigenvalue weighted by atomic mass is 9.93. The molecule has 0 saturated carbocycles. The molecule has 0 spiro atoms. The summed E-state index contributed by atoms with van der Waals surface area (Å²) < 4.78 is 5.84. The van der Waals surface area contributed by atoms with Crippen LogP contribution in [0.3, 0.4) is 0 Å². The van der Waals surface area contributed by atoms with Gasteiger partial charge in [-0.15, -0.1) is 0 Å². The average molecular weight is 301 g/mol. The molecule has 0 N–H and O–H groups in total. The molecule has 1 unspecified atom stereocenters. The van der Waals surface area contributed by atoms with Gasteiger partial charge in [0.2, 0.25) is 5.60 Å². The third kappa shape index (κ3) is 4.87. The molecule has 0 aliphatic carbocycles. The number of ether oxygens (including phenoxy) is 1. The Kier molecular flexibility index (Phi) is 6.61. The zero-order valence-electron chi connectivity index (χ0n) is 14.4. The summed E-state index contributed by atoms with van der Waals surface area (Å²) >= 11 is 0. The number of hydrogen-bond donors (Lipinski definition) is 0. The van der Waals surface area contributed by atoms with E-state index in [0.717, 1.165) is 19.3 Å². The van der Waals surface area contributed by atoms with Crippen LogP contribution in [-0.4, -0.2) is 11.0 Å². The van der Waals surface area contributed by atoms with Crippen molar-refractivity contribution in [2.45, 2.75) is 65.9 Å². The third-order valence-corrected chi connectivity index (χ3v) is 3.40. The highest BCUT2D eigenvalue weighted by atomic mass is 16.6. The standard InChI is InChI=1S/C19H27NO2/c1-6-8-9-11-14-19(7-2,16-13-10-12-15-20-16)22-17(21)18(3,4)5/h10,12-13,15H,6-9H2,1-5H3. The molecule has 1 rings (SSSR count). The van der Waals surface area contributed by atoms with E-state index in [0.29, 0.717) is 12.1 Å². The predicted molar refractivity (Wildman–Crippen MR) is 89.1 cm³/mol. The van der Waals surface area contributed by atoms with Gasteiger partial charge in [-0.05, 0) is 45.2 Å². The largest absolute Gasteiger partial charge is 0.439 e. The predicted octanol–water partition coefficient (Wildman–Crippen LogP) is 4.47. The first-order valence-electron chi connectivity index (χ1n) is 8.00. The molecule has 0 bridgehead atoms. The number of rotatable bonds is 5. The van der Waals surface area contributed by atoms with E-state index in [1.807, 2.05) is 45.9 Å². The van der Waals surface area contributed by atoms with Crippen LogP contribution < -0.4 is 0 Å². The molecule has 1 aromatic heterocycles. The second-order valence-corrected chi connectivity index (χ2v) is 6.44. The fraction of sp³-hybridized carbons (Fsp3) is 0.579. The Balaban J connectivity index is 3.17. The minimum Gasteiger partial charge on any atom is -0.439 e. The quantitative estimate of drug-likeness (QED) is 0.457.